The van der Waals surface area contributed by atoms with Crippen molar-refractivity contribution in [3.8, 4) is 5.75 Å². The Bertz CT molecular complexity index is 480. The van der Waals surface area contributed by atoms with Crippen molar-refractivity contribution in [1.29, 1.82) is 0 Å². The molecule has 1 aliphatic carbocycles. The van der Waals surface area contributed by atoms with Gasteiger partial charge in [0.05, 0.1) is 18.8 Å². The van der Waals surface area contributed by atoms with Crippen LogP contribution in [0.25, 0.3) is 0 Å². The van der Waals surface area contributed by atoms with Crippen LogP contribution < -0.4 is 10.1 Å². The highest BCUT2D eigenvalue weighted by Gasteiger charge is 2.43. The quantitative estimate of drug-likeness (QED) is 0.898. The van der Waals surface area contributed by atoms with Crippen molar-refractivity contribution in [2.45, 2.75) is 44.2 Å². The maximum Gasteiger partial charge on any atom is 0.123 e. The van der Waals surface area contributed by atoms with Gasteiger partial charge in [0.2, 0.25) is 0 Å². The minimum atomic E-state index is -0.312. The Kier molecular flexibility index (Phi) is 5.22. The van der Waals surface area contributed by atoms with Crippen LogP contribution in [0.15, 0.2) is 18.2 Å². The second-order valence-corrected chi connectivity index (χ2v) is 6.08. The monoisotopic (exact) mass is 295 g/mol. The molecule has 0 bridgehead atoms. The van der Waals surface area contributed by atoms with Crippen molar-refractivity contribution in [1.82, 2.24) is 5.32 Å². The Balaban J connectivity index is 2.44. The van der Waals surface area contributed by atoms with Crippen molar-refractivity contribution < 1.29 is 13.9 Å². The third-order valence-corrected chi connectivity index (χ3v) is 4.71. The molecule has 2 rings (SSSR count). The van der Waals surface area contributed by atoms with E-state index >= 15 is 0 Å². The van der Waals surface area contributed by atoms with Gasteiger partial charge in [-0.25, -0.2) is 4.39 Å². The fourth-order valence-corrected chi connectivity index (χ4v) is 3.74. The first-order valence-corrected chi connectivity index (χ1v) is 7.62. The van der Waals surface area contributed by atoms with E-state index in [9.17, 15) is 4.39 Å². The summed E-state index contributed by atoms with van der Waals surface area (Å²) in [7, 11) is 5.27. The van der Waals surface area contributed by atoms with E-state index in [4.69, 9.17) is 9.47 Å². The summed E-state index contributed by atoms with van der Waals surface area (Å²) in [6, 6.07) is 4.58. The first-order valence-electron chi connectivity index (χ1n) is 7.62. The molecule has 1 aromatic carbocycles. The molecule has 0 saturated heterocycles. The maximum atomic E-state index is 13.7. The highest BCUT2D eigenvalue weighted by atomic mass is 19.1. The molecule has 21 heavy (non-hydrogen) atoms. The summed E-state index contributed by atoms with van der Waals surface area (Å²) in [6.07, 6.45) is 4.29. The summed E-state index contributed by atoms with van der Waals surface area (Å²) in [4.78, 5) is 0. The number of methoxy groups -OCH3 is 2. The van der Waals surface area contributed by atoms with E-state index in [1.807, 2.05) is 7.05 Å². The Hall–Kier alpha value is -1.13. The number of likely N-dealkylation sites (N-methyl/N-ethyl adjacent to an activating group) is 1. The molecule has 1 aliphatic rings. The van der Waals surface area contributed by atoms with Gasteiger partial charge in [-0.3, -0.25) is 0 Å². The molecule has 0 heterocycles. The molecule has 3 unspecified atom stereocenters. The fourth-order valence-electron chi connectivity index (χ4n) is 3.74. The summed E-state index contributed by atoms with van der Waals surface area (Å²) in [5.41, 5.74) is 0.518. The van der Waals surface area contributed by atoms with Crippen LogP contribution in [0.2, 0.25) is 0 Å². The van der Waals surface area contributed by atoms with Gasteiger partial charge >= 0.3 is 0 Å². The van der Waals surface area contributed by atoms with Crippen LogP contribution in [0.4, 0.5) is 4.39 Å². The lowest BCUT2D eigenvalue weighted by molar-refractivity contribution is -0.0794. The number of hydrogen-bond acceptors (Lipinski definition) is 3. The molecule has 0 amide bonds. The van der Waals surface area contributed by atoms with Crippen LogP contribution in [-0.2, 0) is 4.74 Å². The number of hydrogen-bond donors (Lipinski definition) is 1. The standard InChI is InChI=1S/C17H26FNO2/c1-12-6-5-9-17(11-12,21-4)16(19-2)14-10-13(18)7-8-15(14)20-3/h7-8,10,12,16,19H,5-6,9,11H2,1-4H3. The average Bonchev–Trinajstić information content (AvgIpc) is 2.48. The third-order valence-electron chi connectivity index (χ3n) is 4.71. The minimum Gasteiger partial charge on any atom is -0.496 e. The Morgan fingerprint density at radius 2 is 2.14 bits per heavy atom. The first kappa shape index (κ1) is 16.2. The number of nitrogens with one attached hydrogen (secondary N) is 1. The SMILES string of the molecule is CNC(c1cc(F)ccc1OC)C1(OC)CCCC(C)C1. The predicted octanol–water partition coefficient (Wildman–Crippen LogP) is 3.69. The van der Waals surface area contributed by atoms with Gasteiger partial charge < -0.3 is 14.8 Å². The molecule has 0 radical (unpaired) electrons. The zero-order valence-electron chi connectivity index (χ0n) is 13.4. The molecule has 1 N–H and O–H groups in total. The van der Waals surface area contributed by atoms with Gasteiger partial charge in [0.1, 0.15) is 11.6 Å². The highest BCUT2D eigenvalue weighted by Crippen LogP contribution is 2.45. The molecule has 118 valence electrons. The average molecular weight is 295 g/mol. The Labute approximate surface area is 126 Å². The van der Waals surface area contributed by atoms with E-state index in [-0.39, 0.29) is 17.5 Å². The van der Waals surface area contributed by atoms with Crippen molar-refractivity contribution >= 4 is 0 Å². The lowest BCUT2D eigenvalue weighted by atomic mass is 9.72. The number of ether oxygens (including phenoxy) is 2. The van der Waals surface area contributed by atoms with Crippen LogP contribution >= 0.6 is 0 Å². The van der Waals surface area contributed by atoms with Gasteiger partial charge in [0, 0.05) is 12.7 Å². The van der Waals surface area contributed by atoms with Gasteiger partial charge in [-0.05, 0) is 44.0 Å². The number of benzene rings is 1. The van der Waals surface area contributed by atoms with Crippen molar-refractivity contribution in [3.05, 3.63) is 29.6 Å². The zero-order chi connectivity index (χ0) is 15.5. The number of halogens is 1. The van der Waals surface area contributed by atoms with E-state index < -0.39 is 0 Å². The summed E-state index contributed by atoms with van der Waals surface area (Å²) in [6.45, 7) is 2.25. The topological polar surface area (TPSA) is 30.5 Å². The molecule has 1 saturated carbocycles. The van der Waals surface area contributed by atoms with Gasteiger partial charge in [-0.15, -0.1) is 0 Å². The van der Waals surface area contributed by atoms with E-state index in [0.29, 0.717) is 11.7 Å². The third kappa shape index (κ3) is 3.22. The summed E-state index contributed by atoms with van der Waals surface area (Å²) in [5, 5.41) is 3.33. The molecule has 4 heteroatoms. The summed E-state index contributed by atoms with van der Waals surface area (Å²) in [5.74, 6) is 1.06. The van der Waals surface area contributed by atoms with E-state index in [1.165, 1.54) is 12.5 Å². The molecule has 3 nitrogen and oxygen atoms in total. The van der Waals surface area contributed by atoms with Crippen LogP contribution in [-0.4, -0.2) is 26.9 Å². The van der Waals surface area contributed by atoms with E-state index in [1.54, 1.807) is 26.4 Å². The lowest BCUT2D eigenvalue weighted by Crippen LogP contribution is -2.47. The maximum absolute atomic E-state index is 13.7. The van der Waals surface area contributed by atoms with Gasteiger partial charge in [0.25, 0.3) is 0 Å². The van der Waals surface area contributed by atoms with Gasteiger partial charge in [-0.1, -0.05) is 19.8 Å². The molecule has 0 aliphatic heterocycles. The first-order chi connectivity index (χ1) is 10.1. The van der Waals surface area contributed by atoms with Gasteiger partial charge in [-0.2, -0.15) is 0 Å². The van der Waals surface area contributed by atoms with Crippen molar-refractivity contribution in [2.24, 2.45) is 5.92 Å². The minimum absolute atomic E-state index is 0.0871. The highest BCUT2D eigenvalue weighted by molar-refractivity contribution is 5.38. The largest absolute Gasteiger partial charge is 0.496 e. The molecular weight excluding hydrogens is 269 g/mol. The lowest BCUT2D eigenvalue weighted by Gasteiger charge is -2.45. The summed E-state index contributed by atoms with van der Waals surface area (Å²) >= 11 is 0. The normalized spacial score (nSPS) is 27.4. The van der Waals surface area contributed by atoms with Gasteiger partial charge in [0.15, 0.2) is 0 Å². The molecular formula is C17H26FNO2. The van der Waals surface area contributed by atoms with Crippen molar-refractivity contribution in [3.63, 3.8) is 0 Å². The van der Waals surface area contributed by atoms with Crippen LogP contribution in [0.3, 0.4) is 0 Å². The molecule has 3 atom stereocenters. The molecule has 0 aromatic heterocycles. The predicted molar refractivity (Wildman–Crippen MR) is 82.1 cm³/mol. The van der Waals surface area contributed by atoms with Crippen LogP contribution in [0.5, 0.6) is 5.75 Å². The van der Waals surface area contributed by atoms with E-state index in [0.717, 1.165) is 24.8 Å². The Morgan fingerprint density at radius 1 is 1.38 bits per heavy atom. The Morgan fingerprint density at radius 3 is 2.71 bits per heavy atom. The smallest absolute Gasteiger partial charge is 0.123 e. The van der Waals surface area contributed by atoms with Crippen LogP contribution in [0.1, 0.15) is 44.2 Å². The second-order valence-electron chi connectivity index (χ2n) is 6.08. The zero-order valence-corrected chi connectivity index (χ0v) is 13.4. The van der Waals surface area contributed by atoms with Crippen molar-refractivity contribution in [2.75, 3.05) is 21.3 Å². The van der Waals surface area contributed by atoms with E-state index in [2.05, 4.69) is 12.2 Å². The fraction of sp³-hybridized carbons (Fsp3) is 0.647. The second kappa shape index (κ2) is 6.75. The number of rotatable bonds is 5. The molecule has 0 spiro atoms. The summed E-state index contributed by atoms with van der Waals surface area (Å²) < 4.78 is 25.1. The molecule has 1 fully saturated rings. The molecule has 1 aromatic rings. The van der Waals surface area contributed by atoms with Crippen LogP contribution in [0, 0.1) is 11.7 Å².